The standard InChI is InChI=1S/C15H23NO3/c1-11(2)15(10-18-4,14(17)19-5)16-13-9-7-6-8-12(13)3/h6-9,11,16H,10H2,1-5H3. The zero-order valence-electron chi connectivity index (χ0n) is 12.3. The van der Waals surface area contributed by atoms with Crippen molar-refractivity contribution in [1.29, 1.82) is 0 Å². The number of esters is 1. The van der Waals surface area contributed by atoms with Crippen molar-refractivity contribution < 1.29 is 14.3 Å². The number of methoxy groups -OCH3 is 2. The molecule has 0 fully saturated rings. The highest BCUT2D eigenvalue weighted by atomic mass is 16.5. The molecule has 1 atom stereocenters. The maximum Gasteiger partial charge on any atom is 0.334 e. The molecule has 0 radical (unpaired) electrons. The Kier molecular flexibility index (Phi) is 5.36. The first-order chi connectivity index (χ1) is 8.97. The molecule has 0 aliphatic carbocycles. The summed E-state index contributed by atoms with van der Waals surface area (Å²) in [5.41, 5.74) is 1.11. The summed E-state index contributed by atoms with van der Waals surface area (Å²) in [5.74, 6) is -0.285. The second-order valence-corrected chi connectivity index (χ2v) is 4.99. The van der Waals surface area contributed by atoms with Crippen molar-refractivity contribution in [2.24, 2.45) is 5.92 Å². The van der Waals surface area contributed by atoms with Crippen LogP contribution in [0.3, 0.4) is 0 Å². The maximum absolute atomic E-state index is 12.2. The lowest BCUT2D eigenvalue weighted by Gasteiger charge is -2.36. The predicted molar refractivity (Wildman–Crippen MR) is 76.3 cm³/mol. The van der Waals surface area contributed by atoms with E-state index >= 15 is 0 Å². The van der Waals surface area contributed by atoms with Crippen LogP contribution in [0.2, 0.25) is 0 Å². The minimum Gasteiger partial charge on any atom is -0.467 e. The minimum atomic E-state index is -0.879. The molecular weight excluding hydrogens is 242 g/mol. The average Bonchev–Trinajstić information content (AvgIpc) is 2.39. The second-order valence-electron chi connectivity index (χ2n) is 4.99. The molecule has 4 nitrogen and oxygen atoms in total. The van der Waals surface area contributed by atoms with Gasteiger partial charge in [0.2, 0.25) is 0 Å². The first-order valence-corrected chi connectivity index (χ1v) is 6.39. The number of aryl methyl sites for hydroxylation is 1. The van der Waals surface area contributed by atoms with E-state index in [1.807, 2.05) is 45.0 Å². The third-order valence-corrected chi connectivity index (χ3v) is 3.41. The molecule has 106 valence electrons. The normalized spacial score (nSPS) is 14.0. The van der Waals surface area contributed by atoms with E-state index < -0.39 is 5.54 Å². The van der Waals surface area contributed by atoms with Crippen molar-refractivity contribution >= 4 is 11.7 Å². The molecule has 0 bridgehead atoms. The number of nitrogens with one attached hydrogen (secondary N) is 1. The number of ether oxygens (including phenoxy) is 2. The highest BCUT2D eigenvalue weighted by Gasteiger charge is 2.43. The van der Waals surface area contributed by atoms with E-state index in [2.05, 4.69) is 5.32 Å². The first kappa shape index (κ1) is 15.5. The maximum atomic E-state index is 12.2. The van der Waals surface area contributed by atoms with Crippen LogP contribution in [0.15, 0.2) is 24.3 Å². The highest BCUT2D eigenvalue weighted by Crippen LogP contribution is 2.27. The molecule has 0 heterocycles. The fraction of sp³-hybridized carbons (Fsp3) is 0.533. The monoisotopic (exact) mass is 265 g/mol. The number of rotatable bonds is 6. The van der Waals surface area contributed by atoms with Crippen LogP contribution in [-0.4, -0.2) is 32.3 Å². The summed E-state index contributed by atoms with van der Waals surface area (Å²) < 4.78 is 10.2. The van der Waals surface area contributed by atoms with Crippen LogP contribution < -0.4 is 5.32 Å². The zero-order valence-corrected chi connectivity index (χ0v) is 12.3. The SMILES string of the molecule is COCC(Nc1ccccc1C)(C(=O)OC)C(C)C. The molecule has 0 saturated carbocycles. The van der Waals surface area contributed by atoms with E-state index in [-0.39, 0.29) is 18.5 Å². The molecule has 0 spiro atoms. The summed E-state index contributed by atoms with van der Waals surface area (Å²) in [4.78, 5) is 12.2. The zero-order chi connectivity index (χ0) is 14.5. The summed E-state index contributed by atoms with van der Waals surface area (Å²) in [7, 11) is 2.98. The van der Waals surface area contributed by atoms with Crippen LogP contribution in [0, 0.1) is 12.8 Å². The number of para-hydroxylation sites is 1. The third kappa shape index (κ3) is 3.26. The molecule has 19 heavy (non-hydrogen) atoms. The van der Waals surface area contributed by atoms with Gasteiger partial charge in [-0.2, -0.15) is 0 Å². The number of carbonyl (C=O) groups is 1. The van der Waals surface area contributed by atoms with Gasteiger partial charge in [-0.25, -0.2) is 4.79 Å². The molecule has 4 heteroatoms. The van der Waals surface area contributed by atoms with Crippen molar-refractivity contribution in [2.45, 2.75) is 26.3 Å². The van der Waals surface area contributed by atoms with Gasteiger partial charge in [0.1, 0.15) is 0 Å². The number of carbonyl (C=O) groups excluding carboxylic acids is 1. The Morgan fingerprint density at radius 2 is 1.95 bits per heavy atom. The lowest BCUT2D eigenvalue weighted by Crippen LogP contribution is -2.55. The molecule has 1 aromatic rings. The molecule has 1 unspecified atom stereocenters. The van der Waals surface area contributed by atoms with Gasteiger partial charge in [0.25, 0.3) is 0 Å². The summed E-state index contributed by atoms with van der Waals surface area (Å²) in [6.07, 6.45) is 0. The average molecular weight is 265 g/mol. The van der Waals surface area contributed by atoms with Crippen LogP contribution in [0.1, 0.15) is 19.4 Å². The van der Waals surface area contributed by atoms with Gasteiger partial charge in [0, 0.05) is 12.8 Å². The van der Waals surface area contributed by atoms with Crippen LogP contribution >= 0.6 is 0 Å². The number of hydrogen-bond donors (Lipinski definition) is 1. The Bertz CT molecular complexity index is 431. The largest absolute Gasteiger partial charge is 0.467 e. The number of hydrogen-bond acceptors (Lipinski definition) is 4. The number of benzene rings is 1. The Hall–Kier alpha value is -1.55. The van der Waals surface area contributed by atoms with E-state index in [9.17, 15) is 4.79 Å². The smallest absolute Gasteiger partial charge is 0.334 e. The van der Waals surface area contributed by atoms with Crippen LogP contribution in [0.5, 0.6) is 0 Å². The quantitative estimate of drug-likeness (QED) is 0.803. The fourth-order valence-corrected chi connectivity index (χ4v) is 2.06. The molecule has 0 amide bonds. The summed E-state index contributed by atoms with van der Waals surface area (Å²) in [5, 5.41) is 3.31. The van der Waals surface area contributed by atoms with Gasteiger partial charge in [-0.05, 0) is 24.5 Å². The van der Waals surface area contributed by atoms with Crippen LogP contribution in [0.4, 0.5) is 5.69 Å². The highest BCUT2D eigenvalue weighted by molar-refractivity contribution is 5.85. The molecule has 1 aromatic carbocycles. The molecule has 0 saturated heterocycles. The van der Waals surface area contributed by atoms with Gasteiger partial charge in [0.15, 0.2) is 5.54 Å². The van der Waals surface area contributed by atoms with E-state index in [1.165, 1.54) is 7.11 Å². The summed E-state index contributed by atoms with van der Waals surface area (Å²) in [6, 6.07) is 7.85. The van der Waals surface area contributed by atoms with Gasteiger partial charge >= 0.3 is 5.97 Å². The van der Waals surface area contributed by atoms with Gasteiger partial charge < -0.3 is 14.8 Å². The Balaban J connectivity index is 3.16. The predicted octanol–water partition coefficient (Wildman–Crippen LogP) is 2.62. The molecule has 1 rings (SSSR count). The summed E-state index contributed by atoms with van der Waals surface area (Å²) in [6.45, 7) is 6.20. The van der Waals surface area contributed by atoms with E-state index in [0.29, 0.717) is 0 Å². The first-order valence-electron chi connectivity index (χ1n) is 6.39. The topological polar surface area (TPSA) is 47.6 Å². The third-order valence-electron chi connectivity index (χ3n) is 3.41. The van der Waals surface area contributed by atoms with Gasteiger partial charge in [-0.15, -0.1) is 0 Å². The van der Waals surface area contributed by atoms with Crippen molar-refractivity contribution in [3.63, 3.8) is 0 Å². The Labute approximate surface area is 115 Å². The molecule has 0 aliphatic rings. The molecule has 0 aromatic heterocycles. The van der Waals surface area contributed by atoms with Gasteiger partial charge in [-0.3, -0.25) is 0 Å². The van der Waals surface area contributed by atoms with Crippen molar-refractivity contribution in [3.05, 3.63) is 29.8 Å². The number of anilines is 1. The van der Waals surface area contributed by atoms with E-state index in [0.717, 1.165) is 11.3 Å². The van der Waals surface area contributed by atoms with Crippen molar-refractivity contribution in [2.75, 3.05) is 26.1 Å². The molecular formula is C15H23NO3. The van der Waals surface area contributed by atoms with Gasteiger partial charge in [-0.1, -0.05) is 32.0 Å². The van der Waals surface area contributed by atoms with Crippen molar-refractivity contribution in [3.8, 4) is 0 Å². The van der Waals surface area contributed by atoms with E-state index in [4.69, 9.17) is 9.47 Å². The summed E-state index contributed by atoms with van der Waals surface area (Å²) >= 11 is 0. The fourth-order valence-electron chi connectivity index (χ4n) is 2.06. The molecule has 1 N–H and O–H groups in total. The Morgan fingerprint density at radius 3 is 2.42 bits per heavy atom. The van der Waals surface area contributed by atoms with Gasteiger partial charge in [0.05, 0.1) is 13.7 Å². The minimum absolute atomic E-state index is 0.0273. The van der Waals surface area contributed by atoms with Crippen LogP contribution in [-0.2, 0) is 14.3 Å². The van der Waals surface area contributed by atoms with E-state index in [1.54, 1.807) is 7.11 Å². The lowest BCUT2D eigenvalue weighted by molar-refractivity contribution is -0.150. The Morgan fingerprint density at radius 1 is 1.32 bits per heavy atom. The van der Waals surface area contributed by atoms with Crippen molar-refractivity contribution in [1.82, 2.24) is 0 Å². The molecule has 0 aliphatic heterocycles. The van der Waals surface area contributed by atoms with Crippen LogP contribution in [0.25, 0.3) is 0 Å². The lowest BCUT2D eigenvalue weighted by atomic mass is 9.86. The second kappa shape index (κ2) is 6.57.